The number of carbonyl (C=O) groups is 2. The topological polar surface area (TPSA) is 131 Å². The average Bonchev–Trinajstić information content (AvgIpc) is 3.38. The first kappa shape index (κ1) is 25.6. The van der Waals surface area contributed by atoms with Crippen molar-refractivity contribution in [3.8, 4) is 0 Å². The van der Waals surface area contributed by atoms with Crippen molar-refractivity contribution in [1.82, 2.24) is 20.5 Å². The third kappa shape index (κ3) is 5.33. The maximum atomic E-state index is 13.9. The fraction of sp³-hybridized carbons (Fsp3) is 0.417. The number of carbonyl (C=O) groups excluding carboxylic acids is 2. The largest absolute Gasteiger partial charge is 0.466 e. The number of nitrogens with one attached hydrogen (secondary N) is 2. The van der Waals surface area contributed by atoms with Crippen molar-refractivity contribution in [2.24, 2.45) is 10.7 Å². The number of urea groups is 1. The highest BCUT2D eigenvalue weighted by Gasteiger charge is 2.42. The van der Waals surface area contributed by atoms with Crippen LogP contribution < -0.4 is 16.4 Å². The minimum atomic E-state index is -0.833. The predicted octanol–water partition coefficient (Wildman–Crippen LogP) is 2.35. The molecular formula is C24H26ClFN6O4S. The Labute approximate surface area is 221 Å². The number of fused-ring (bicyclic) bond motifs is 2. The molecule has 4 atom stereocenters. The first-order valence-electron chi connectivity index (χ1n) is 11.7. The van der Waals surface area contributed by atoms with Crippen molar-refractivity contribution < 1.29 is 23.5 Å². The van der Waals surface area contributed by atoms with Gasteiger partial charge in [0.15, 0.2) is 10.8 Å². The van der Waals surface area contributed by atoms with E-state index in [0.717, 1.165) is 0 Å². The molecule has 13 heteroatoms. The molecule has 0 radical (unpaired) electrons. The average molecular weight is 549 g/mol. The number of benzene rings is 1. The van der Waals surface area contributed by atoms with Crippen LogP contribution in [0.5, 0.6) is 0 Å². The van der Waals surface area contributed by atoms with Gasteiger partial charge in [0, 0.05) is 52.5 Å². The molecule has 1 aromatic carbocycles. The molecule has 37 heavy (non-hydrogen) atoms. The van der Waals surface area contributed by atoms with Gasteiger partial charge in [0.05, 0.1) is 25.9 Å². The van der Waals surface area contributed by atoms with E-state index in [2.05, 4.69) is 20.5 Å². The van der Waals surface area contributed by atoms with Gasteiger partial charge in [0.25, 0.3) is 0 Å². The number of amides is 2. The van der Waals surface area contributed by atoms with Gasteiger partial charge in [-0.3, -0.25) is 9.89 Å². The summed E-state index contributed by atoms with van der Waals surface area (Å²) in [6, 6.07) is 2.56. The number of aliphatic imine (C=N–C) groups is 1. The summed E-state index contributed by atoms with van der Waals surface area (Å²) in [5.74, 6) is -0.577. The maximum Gasteiger partial charge on any atom is 0.338 e. The minimum absolute atomic E-state index is 0.00687. The van der Waals surface area contributed by atoms with Crippen LogP contribution in [0.1, 0.15) is 29.5 Å². The summed E-state index contributed by atoms with van der Waals surface area (Å²) in [6.45, 7) is 1.33. The molecule has 0 spiro atoms. The molecule has 10 nitrogen and oxygen atoms in total. The van der Waals surface area contributed by atoms with E-state index >= 15 is 0 Å². The lowest BCUT2D eigenvalue weighted by Crippen LogP contribution is -2.62. The molecule has 0 unspecified atom stereocenters. The number of nitrogens with zero attached hydrogens (tertiary/aromatic N) is 3. The zero-order valence-corrected chi connectivity index (χ0v) is 21.5. The number of hydrogen-bond donors (Lipinski definition) is 3. The van der Waals surface area contributed by atoms with Crippen molar-refractivity contribution in [3.05, 3.63) is 62.5 Å². The molecule has 0 aliphatic carbocycles. The number of thiazole rings is 1. The molecule has 4 heterocycles. The van der Waals surface area contributed by atoms with Gasteiger partial charge in [-0.1, -0.05) is 17.7 Å². The summed E-state index contributed by atoms with van der Waals surface area (Å²) >= 11 is 7.83. The van der Waals surface area contributed by atoms with E-state index in [-0.39, 0.29) is 28.7 Å². The van der Waals surface area contributed by atoms with Crippen LogP contribution in [0.2, 0.25) is 5.02 Å². The zero-order valence-electron chi connectivity index (χ0n) is 19.9. The molecular weight excluding hydrogens is 523 g/mol. The van der Waals surface area contributed by atoms with Crippen LogP contribution in [0.4, 0.5) is 9.18 Å². The van der Waals surface area contributed by atoms with Gasteiger partial charge in [0.1, 0.15) is 11.9 Å². The van der Waals surface area contributed by atoms with Gasteiger partial charge < -0.3 is 25.8 Å². The number of primary amides is 1. The molecule has 0 saturated carbocycles. The lowest BCUT2D eigenvalue weighted by Gasteiger charge is -2.49. The number of rotatable bonds is 6. The number of hydrogen-bond acceptors (Lipinski definition) is 9. The molecule has 196 valence electrons. The quantitative estimate of drug-likeness (QED) is 0.472. The van der Waals surface area contributed by atoms with E-state index in [0.29, 0.717) is 54.7 Å². The van der Waals surface area contributed by atoms with Crippen LogP contribution in [0, 0.1) is 5.82 Å². The number of methoxy groups -OCH3 is 1. The molecule has 2 aromatic rings. The second kappa shape index (κ2) is 10.7. The number of aromatic nitrogens is 1. The third-order valence-corrected chi connectivity index (χ3v) is 7.89. The standard InChI is InChI=1S/C24H26ClFN6O4S/c1-35-23(33)19-18(9-32-14-7-13(29-24(27)34)8-15(32)11-36-10-14)30-21(22-28-4-5-37-22)31-20(19)16-3-2-12(26)6-17(16)25/h2-6,13-15,20H,7-11H2,1H3,(H,30,31)(H3,27,29,34)/t13-,14-,15+,20-/m0/s1. The Morgan fingerprint density at radius 2 is 2.11 bits per heavy atom. The van der Waals surface area contributed by atoms with Crippen molar-refractivity contribution in [2.75, 3.05) is 26.9 Å². The Kier molecular flexibility index (Phi) is 7.43. The predicted molar refractivity (Wildman–Crippen MR) is 136 cm³/mol. The molecule has 2 bridgehead atoms. The Morgan fingerprint density at radius 1 is 1.35 bits per heavy atom. The van der Waals surface area contributed by atoms with E-state index in [4.69, 9.17) is 31.8 Å². The summed E-state index contributed by atoms with van der Waals surface area (Å²) in [4.78, 5) is 36.0. The van der Waals surface area contributed by atoms with Crippen LogP contribution in [-0.2, 0) is 14.3 Å². The highest BCUT2D eigenvalue weighted by molar-refractivity contribution is 7.11. The molecule has 3 aliphatic heterocycles. The molecule has 1 aromatic heterocycles. The zero-order chi connectivity index (χ0) is 26.1. The lowest BCUT2D eigenvalue weighted by atomic mass is 9.89. The number of piperidine rings is 1. The fourth-order valence-corrected chi connectivity index (χ4v) is 6.08. The lowest BCUT2D eigenvalue weighted by molar-refractivity contribution is -0.136. The summed E-state index contributed by atoms with van der Waals surface area (Å²) in [5, 5.41) is 8.76. The third-order valence-electron chi connectivity index (χ3n) is 6.78. The SMILES string of the molecule is COC(=O)C1=C(CN2[C@@H]3COC[C@H]2C[C@@H](NC(N)=O)C3)NC(c2nccs2)=N[C@H]1c1ccc(F)cc1Cl. The van der Waals surface area contributed by atoms with Gasteiger partial charge in [-0.25, -0.2) is 19.0 Å². The Balaban J connectivity index is 1.55. The van der Waals surface area contributed by atoms with Crippen molar-refractivity contribution >= 4 is 40.8 Å². The Bertz CT molecular complexity index is 1240. The summed E-state index contributed by atoms with van der Waals surface area (Å²) in [5.41, 5.74) is 6.72. The van der Waals surface area contributed by atoms with E-state index < -0.39 is 23.9 Å². The highest BCUT2D eigenvalue weighted by atomic mass is 35.5. The van der Waals surface area contributed by atoms with Gasteiger partial charge in [-0.2, -0.15) is 0 Å². The highest BCUT2D eigenvalue weighted by Crippen LogP contribution is 2.38. The molecule has 2 fully saturated rings. The van der Waals surface area contributed by atoms with Gasteiger partial charge in [-0.05, 0) is 25.0 Å². The monoisotopic (exact) mass is 548 g/mol. The second-order valence-electron chi connectivity index (χ2n) is 9.09. The van der Waals surface area contributed by atoms with E-state index in [9.17, 15) is 14.0 Å². The molecule has 2 saturated heterocycles. The van der Waals surface area contributed by atoms with Gasteiger partial charge in [-0.15, -0.1) is 11.3 Å². The first-order valence-corrected chi connectivity index (χ1v) is 13.0. The molecule has 3 aliphatic rings. The van der Waals surface area contributed by atoms with Gasteiger partial charge in [0.2, 0.25) is 0 Å². The second-order valence-corrected chi connectivity index (χ2v) is 10.4. The van der Waals surface area contributed by atoms with Crippen molar-refractivity contribution in [3.63, 3.8) is 0 Å². The van der Waals surface area contributed by atoms with Gasteiger partial charge >= 0.3 is 12.0 Å². The number of halogens is 2. The molecule has 4 N–H and O–H groups in total. The molecule has 5 rings (SSSR count). The maximum absolute atomic E-state index is 13.9. The van der Waals surface area contributed by atoms with E-state index in [1.807, 2.05) is 5.38 Å². The first-order chi connectivity index (χ1) is 17.8. The number of esters is 1. The van der Waals surface area contributed by atoms with Crippen LogP contribution in [0.25, 0.3) is 0 Å². The Hall–Kier alpha value is -3.06. The van der Waals surface area contributed by atoms with Crippen LogP contribution in [0.3, 0.4) is 0 Å². The number of nitrogens with two attached hydrogens (primary N) is 1. The Morgan fingerprint density at radius 3 is 2.73 bits per heavy atom. The van der Waals surface area contributed by atoms with Crippen molar-refractivity contribution in [2.45, 2.75) is 37.0 Å². The minimum Gasteiger partial charge on any atom is -0.466 e. The van der Waals surface area contributed by atoms with Crippen LogP contribution >= 0.6 is 22.9 Å². The summed E-state index contributed by atoms with van der Waals surface area (Å²) in [6.07, 6.45) is 2.98. The normalized spacial score (nSPS) is 25.8. The molecule has 2 amide bonds. The number of amidine groups is 1. The summed E-state index contributed by atoms with van der Waals surface area (Å²) < 4.78 is 24.8. The van der Waals surface area contributed by atoms with Crippen molar-refractivity contribution in [1.29, 1.82) is 0 Å². The number of morpholine rings is 1. The smallest absolute Gasteiger partial charge is 0.338 e. The van der Waals surface area contributed by atoms with E-state index in [1.54, 1.807) is 6.20 Å². The fourth-order valence-electron chi connectivity index (χ4n) is 5.22. The van der Waals surface area contributed by atoms with E-state index in [1.165, 1.54) is 36.6 Å². The summed E-state index contributed by atoms with van der Waals surface area (Å²) in [7, 11) is 1.31. The van der Waals surface area contributed by atoms with Crippen LogP contribution in [-0.4, -0.2) is 72.7 Å². The van der Waals surface area contributed by atoms with Crippen LogP contribution in [0.15, 0.2) is 46.0 Å². The number of ether oxygens (including phenoxy) is 2.